The molecule has 0 spiro atoms. The minimum atomic E-state index is -0.539. The van der Waals surface area contributed by atoms with Crippen molar-refractivity contribution in [2.75, 3.05) is 13.2 Å². The highest BCUT2D eigenvalue weighted by Crippen LogP contribution is 1.97. The zero-order valence-electron chi connectivity index (χ0n) is 9.69. The van der Waals surface area contributed by atoms with Crippen LogP contribution in [-0.2, 0) is 4.74 Å². The summed E-state index contributed by atoms with van der Waals surface area (Å²) in [6, 6.07) is 0. The zero-order valence-corrected chi connectivity index (χ0v) is 9.69. The summed E-state index contributed by atoms with van der Waals surface area (Å²) >= 11 is 0. The fraction of sp³-hybridized carbons (Fsp3) is 0.889. The van der Waals surface area contributed by atoms with Gasteiger partial charge in [-0.15, -0.1) is 4.91 Å². The quantitative estimate of drug-likeness (QED) is 0.417. The monoisotopic (exact) mass is 217 g/mol. The number of carbonyl (C=O) groups excluding carboxylic acids is 1. The van der Waals surface area contributed by atoms with Gasteiger partial charge in [0.15, 0.2) is 0 Å². The molecule has 0 heterocycles. The number of rotatable bonds is 6. The maximum atomic E-state index is 11.1. The van der Waals surface area contributed by atoms with E-state index in [-0.39, 0.29) is 12.8 Å². The van der Waals surface area contributed by atoms with E-state index in [2.05, 4.69) is 10.6 Å². The lowest BCUT2D eigenvalue weighted by molar-refractivity contribution is 0.107. The number of nitrogens with zero attached hydrogens (tertiary/aromatic N) is 2. The van der Waals surface area contributed by atoms with Crippen molar-refractivity contribution in [1.82, 2.24) is 10.3 Å². The molecule has 1 N–H and O–H groups in total. The fourth-order valence-electron chi connectivity index (χ4n) is 0.960. The van der Waals surface area contributed by atoms with Gasteiger partial charge in [0.05, 0.1) is 11.4 Å². The summed E-state index contributed by atoms with van der Waals surface area (Å²) in [4.78, 5) is 21.4. The summed E-state index contributed by atoms with van der Waals surface area (Å²) in [5.74, 6) is 0.311. The van der Waals surface area contributed by atoms with Crippen LogP contribution in [0.1, 0.15) is 27.7 Å². The van der Waals surface area contributed by atoms with Gasteiger partial charge in [-0.1, -0.05) is 13.8 Å². The second-order valence-corrected chi connectivity index (χ2v) is 3.95. The van der Waals surface area contributed by atoms with Gasteiger partial charge >= 0.3 is 6.09 Å². The first-order valence-corrected chi connectivity index (χ1v) is 4.98. The highest BCUT2D eigenvalue weighted by atomic mass is 16.6. The van der Waals surface area contributed by atoms with Crippen LogP contribution in [0.15, 0.2) is 5.29 Å². The van der Waals surface area contributed by atoms with Gasteiger partial charge in [-0.05, 0) is 19.8 Å². The Hall–Kier alpha value is -1.33. The summed E-state index contributed by atoms with van der Waals surface area (Å²) < 4.78 is 4.83. The van der Waals surface area contributed by atoms with Crippen molar-refractivity contribution in [2.24, 2.45) is 11.2 Å². The van der Waals surface area contributed by atoms with E-state index in [9.17, 15) is 9.70 Å². The van der Waals surface area contributed by atoms with Crippen LogP contribution in [0, 0.1) is 10.8 Å². The van der Waals surface area contributed by atoms with E-state index < -0.39 is 6.09 Å². The van der Waals surface area contributed by atoms with Crippen LogP contribution in [-0.4, -0.2) is 30.4 Å². The van der Waals surface area contributed by atoms with Gasteiger partial charge in [0.1, 0.15) is 6.67 Å². The summed E-state index contributed by atoms with van der Waals surface area (Å²) in [5, 5.41) is 6.48. The molecule has 15 heavy (non-hydrogen) atoms. The summed E-state index contributed by atoms with van der Waals surface area (Å²) in [7, 11) is 0. The lowest BCUT2D eigenvalue weighted by Gasteiger charge is -2.18. The maximum absolute atomic E-state index is 11.1. The molecular weight excluding hydrogens is 198 g/mol. The molecular formula is C9H19N3O3. The SMILES string of the molecule is CC(C)CN(CNC(=O)OC(C)C)N=O. The van der Waals surface area contributed by atoms with Gasteiger partial charge in [-0.2, -0.15) is 0 Å². The smallest absolute Gasteiger partial charge is 0.408 e. The molecule has 0 fully saturated rings. The Morgan fingerprint density at radius 2 is 2.00 bits per heavy atom. The molecule has 0 aliphatic heterocycles. The van der Waals surface area contributed by atoms with E-state index in [0.717, 1.165) is 0 Å². The highest BCUT2D eigenvalue weighted by Gasteiger charge is 2.09. The first kappa shape index (κ1) is 13.7. The van der Waals surface area contributed by atoms with Gasteiger partial charge in [-0.3, -0.25) is 0 Å². The number of hydrogen-bond acceptors (Lipinski definition) is 4. The van der Waals surface area contributed by atoms with Crippen molar-refractivity contribution in [2.45, 2.75) is 33.8 Å². The van der Waals surface area contributed by atoms with E-state index in [1.165, 1.54) is 5.01 Å². The van der Waals surface area contributed by atoms with Gasteiger partial charge in [0.2, 0.25) is 0 Å². The second-order valence-electron chi connectivity index (χ2n) is 3.95. The Bertz CT molecular complexity index is 207. The molecule has 0 rings (SSSR count). The van der Waals surface area contributed by atoms with E-state index in [4.69, 9.17) is 4.74 Å². The first-order valence-electron chi connectivity index (χ1n) is 4.98. The maximum Gasteiger partial charge on any atom is 0.408 e. The normalized spacial score (nSPS) is 10.3. The average molecular weight is 217 g/mol. The third kappa shape index (κ3) is 7.72. The molecule has 1 amide bonds. The number of nitrogens with one attached hydrogen (secondary N) is 1. The molecule has 0 aromatic heterocycles. The minimum absolute atomic E-state index is 0.0766. The summed E-state index contributed by atoms with van der Waals surface area (Å²) in [5.41, 5.74) is 0. The van der Waals surface area contributed by atoms with Crippen LogP contribution in [0.3, 0.4) is 0 Å². The Morgan fingerprint density at radius 3 is 2.40 bits per heavy atom. The molecule has 0 atom stereocenters. The molecule has 0 aromatic rings. The molecule has 0 aromatic carbocycles. The topological polar surface area (TPSA) is 71.0 Å². The number of nitroso groups, excluding NO2 is 1. The van der Waals surface area contributed by atoms with Gasteiger partial charge in [0.25, 0.3) is 0 Å². The predicted octanol–water partition coefficient (Wildman–Crippen LogP) is 1.72. The minimum Gasteiger partial charge on any atom is -0.447 e. The molecule has 0 unspecified atom stereocenters. The number of ether oxygens (including phenoxy) is 1. The zero-order chi connectivity index (χ0) is 11.8. The van der Waals surface area contributed by atoms with Crippen LogP contribution in [0.25, 0.3) is 0 Å². The van der Waals surface area contributed by atoms with Crippen LogP contribution >= 0.6 is 0 Å². The van der Waals surface area contributed by atoms with Crippen LogP contribution in [0.4, 0.5) is 4.79 Å². The molecule has 0 saturated carbocycles. The van der Waals surface area contributed by atoms with E-state index in [0.29, 0.717) is 12.5 Å². The molecule has 6 nitrogen and oxygen atoms in total. The standard InChI is InChI=1S/C9H19N3O3/c1-7(2)5-12(11-14)6-10-9(13)15-8(3)4/h7-8H,5-6H2,1-4H3,(H,10,13). The molecule has 0 saturated heterocycles. The fourth-order valence-corrected chi connectivity index (χ4v) is 0.960. The van der Waals surface area contributed by atoms with Crippen LogP contribution in [0.2, 0.25) is 0 Å². The van der Waals surface area contributed by atoms with Crippen molar-refractivity contribution in [1.29, 1.82) is 0 Å². The largest absolute Gasteiger partial charge is 0.447 e. The molecule has 0 aliphatic rings. The van der Waals surface area contributed by atoms with Crippen molar-refractivity contribution in [3.8, 4) is 0 Å². The summed E-state index contributed by atoms with van der Waals surface area (Å²) in [6.45, 7) is 8.01. The highest BCUT2D eigenvalue weighted by molar-refractivity contribution is 5.67. The second kappa shape index (κ2) is 7.03. The lowest BCUT2D eigenvalue weighted by atomic mass is 10.2. The van der Waals surface area contributed by atoms with Crippen molar-refractivity contribution in [3.63, 3.8) is 0 Å². The number of carbonyl (C=O) groups is 1. The third-order valence-electron chi connectivity index (χ3n) is 1.44. The molecule has 0 radical (unpaired) electrons. The van der Waals surface area contributed by atoms with E-state index in [1.807, 2.05) is 13.8 Å². The molecule has 6 heteroatoms. The predicted molar refractivity (Wildman–Crippen MR) is 57.0 cm³/mol. The van der Waals surface area contributed by atoms with Gasteiger partial charge in [0, 0.05) is 6.54 Å². The Labute approximate surface area is 89.9 Å². The Kier molecular flexibility index (Phi) is 6.40. The van der Waals surface area contributed by atoms with Crippen molar-refractivity contribution in [3.05, 3.63) is 4.91 Å². The third-order valence-corrected chi connectivity index (χ3v) is 1.44. The molecule has 0 aliphatic carbocycles. The average Bonchev–Trinajstić information content (AvgIpc) is 2.10. The first-order chi connectivity index (χ1) is 6.95. The Morgan fingerprint density at radius 1 is 1.40 bits per heavy atom. The van der Waals surface area contributed by atoms with Gasteiger partial charge < -0.3 is 10.1 Å². The Balaban J connectivity index is 3.80. The lowest BCUT2D eigenvalue weighted by Crippen LogP contribution is -2.37. The molecule has 0 bridgehead atoms. The van der Waals surface area contributed by atoms with Crippen LogP contribution < -0.4 is 5.32 Å². The number of hydrogen-bond donors (Lipinski definition) is 1. The van der Waals surface area contributed by atoms with Crippen molar-refractivity contribution < 1.29 is 9.53 Å². The van der Waals surface area contributed by atoms with Gasteiger partial charge in [-0.25, -0.2) is 9.80 Å². The van der Waals surface area contributed by atoms with Crippen molar-refractivity contribution >= 4 is 6.09 Å². The summed E-state index contributed by atoms with van der Waals surface area (Å²) in [6.07, 6.45) is -0.713. The van der Waals surface area contributed by atoms with Crippen LogP contribution in [0.5, 0.6) is 0 Å². The number of amides is 1. The number of alkyl carbamates (subject to hydrolysis) is 1. The van der Waals surface area contributed by atoms with E-state index in [1.54, 1.807) is 13.8 Å². The molecule has 88 valence electrons. The van der Waals surface area contributed by atoms with E-state index >= 15 is 0 Å².